The molecule has 0 saturated heterocycles. The maximum atomic E-state index is 13.4. The fourth-order valence-corrected chi connectivity index (χ4v) is 2.62. The summed E-state index contributed by atoms with van der Waals surface area (Å²) in [6.45, 7) is -0.284. The molecule has 1 amide bonds. The number of hydrogen-bond donors (Lipinski definition) is 1. The molecule has 0 saturated carbocycles. The number of halogens is 1. The molecule has 0 spiro atoms. The number of aromatic nitrogens is 2. The van der Waals surface area contributed by atoms with Gasteiger partial charge in [0.1, 0.15) is 23.9 Å². The monoisotopic (exact) mass is 383 g/mol. The Morgan fingerprint density at radius 2 is 1.93 bits per heavy atom. The highest BCUT2D eigenvalue weighted by molar-refractivity contribution is 5.90. The second kappa shape index (κ2) is 8.34. The highest BCUT2D eigenvalue weighted by atomic mass is 19.1. The first-order valence-electron chi connectivity index (χ1n) is 8.36. The average molecular weight is 383 g/mol. The van der Waals surface area contributed by atoms with Gasteiger partial charge in [-0.05, 0) is 30.3 Å². The van der Waals surface area contributed by atoms with E-state index in [1.165, 1.54) is 44.6 Å². The largest absolute Gasteiger partial charge is 0.497 e. The van der Waals surface area contributed by atoms with Crippen LogP contribution in [0, 0.1) is 5.82 Å². The Morgan fingerprint density at radius 3 is 2.68 bits per heavy atom. The van der Waals surface area contributed by atoms with Gasteiger partial charge in [-0.1, -0.05) is 6.07 Å². The van der Waals surface area contributed by atoms with Gasteiger partial charge < -0.3 is 14.8 Å². The SMILES string of the molecule is COc1cccc(NC(=O)Cn2nc(-c3ccc(F)cc3OC)ccc2=O)c1. The summed E-state index contributed by atoms with van der Waals surface area (Å²) in [4.78, 5) is 24.4. The molecular weight excluding hydrogens is 365 g/mol. The van der Waals surface area contributed by atoms with Gasteiger partial charge >= 0.3 is 0 Å². The number of methoxy groups -OCH3 is 2. The fraction of sp³-hybridized carbons (Fsp3) is 0.150. The van der Waals surface area contributed by atoms with Crippen molar-refractivity contribution in [3.8, 4) is 22.8 Å². The van der Waals surface area contributed by atoms with Gasteiger partial charge in [-0.25, -0.2) is 9.07 Å². The predicted octanol–water partition coefficient (Wildman–Crippen LogP) is 2.71. The van der Waals surface area contributed by atoms with E-state index in [0.717, 1.165) is 4.68 Å². The molecule has 3 aromatic rings. The van der Waals surface area contributed by atoms with E-state index in [1.807, 2.05) is 0 Å². The van der Waals surface area contributed by atoms with Gasteiger partial charge in [0.15, 0.2) is 0 Å². The molecule has 0 unspecified atom stereocenters. The third kappa shape index (κ3) is 4.35. The van der Waals surface area contributed by atoms with Gasteiger partial charge in [0.05, 0.1) is 19.9 Å². The number of rotatable bonds is 6. The summed E-state index contributed by atoms with van der Waals surface area (Å²) in [5.41, 5.74) is 0.982. The second-order valence-electron chi connectivity index (χ2n) is 5.84. The van der Waals surface area contributed by atoms with Crippen LogP contribution in [0.25, 0.3) is 11.3 Å². The van der Waals surface area contributed by atoms with Gasteiger partial charge in [0.2, 0.25) is 5.91 Å². The van der Waals surface area contributed by atoms with Gasteiger partial charge in [0.25, 0.3) is 5.56 Å². The van der Waals surface area contributed by atoms with Crippen LogP contribution in [-0.4, -0.2) is 29.9 Å². The highest BCUT2D eigenvalue weighted by Crippen LogP contribution is 2.28. The van der Waals surface area contributed by atoms with E-state index < -0.39 is 17.3 Å². The van der Waals surface area contributed by atoms with E-state index in [0.29, 0.717) is 22.7 Å². The predicted molar refractivity (Wildman–Crippen MR) is 102 cm³/mol. The first-order chi connectivity index (χ1) is 13.5. The minimum absolute atomic E-state index is 0.276. The van der Waals surface area contributed by atoms with Crippen molar-refractivity contribution in [1.82, 2.24) is 9.78 Å². The Kier molecular flexibility index (Phi) is 5.69. The van der Waals surface area contributed by atoms with E-state index in [-0.39, 0.29) is 12.3 Å². The molecule has 28 heavy (non-hydrogen) atoms. The number of nitrogens with one attached hydrogen (secondary N) is 1. The molecule has 0 aliphatic carbocycles. The summed E-state index contributed by atoms with van der Waals surface area (Å²) in [6, 6.07) is 13.6. The number of hydrogen-bond acceptors (Lipinski definition) is 5. The standard InChI is InChI=1S/C20H18FN3O4/c1-27-15-5-3-4-14(11-15)22-19(25)12-24-20(26)9-8-17(23-24)16-7-6-13(21)10-18(16)28-2/h3-11H,12H2,1-2H3,(H,22,25). The van der Waals surface area contributed by atoms with Crippen LogP contribution in [0.5, 0.6) is 11.5 Å². The van der Waals surface area contributed by atoms with Gasteiger partial charge in [-0.2, -0.15) is 5.10 Å². The summed E-state index contributed by atoms with van der Waals surface area (Å²) in [7, 11) is 2.94. The molecule has 144 valence electrons. The van der Waals surface area contributed by atoms with Crippen LogP contribution in [0.1, 0.15) is 0 Å². The minimum Gasteiger partial charge on any atom is -0.497 e. The first kappa shape index (κ1) is 19.1. The molecule has 0 radical (unpaired) electrons. The van der Waals surface area contributed by atoms with Crippen molar-refractivity contribution in [2.75, 3.05) is 19.5 Å². The summed E-state index contributed by atoms with van der Waals surface area (Å²) in [6.07, 6.45) is 0. The molecule has 0 fully saturated rings. The highest BCUT2D eigenvalue weighted by Gasteiger charge is 2.12. The van der Waals surface area contributed by atoms with Crippen molar-refractivity contribution in [3.05, 3.63) is 70.8 Å². The van der Waals surface area contributed by atoms with E-state index in [1.54, 1.807) is 24.3 Å². The average Bonchev–Trinajstić information content (AvgIpc) is 2.69. The lowest BCUT2D eigenvalue weighted by atomic mass is 10.1. The van der Waals surface area contributed by atoms with E-state index >= 15 is 0 Å². The molecular formula is C20H18FN3O4. The molecule has 1 N–H and O–H groups in total. The molecule has 0 aliphatic rings. The van der Waals surface area contributed by atoms with Crippen LogP contribution in [0.4, 0.5) is 10.1 Å². The zero-order valence-electron chi connectivity index (χ0n) is 15.3. The van der Waals surface area contributed by atoms with E-state index in [9.17, 15) is 14.0 Å². The number of benzene rings is 2. The Hall–Kier alpha value is -3.68. The van der Waals surface area contributed by atoms with Crippen LogP contribution in [-0.2, 0) is 11.3 Å². The first-order valence-corrected chi connectivity index (χ1v) is 8.36. The van der Waals surface area contributed by atoms with Crippen molar-refractivity contribution in [3.63, 3.8) is 0 Å². The number of carbonyl (C=O) groups is 1. The lowest BCUT2D eigenvalue weighted by Gasteiger charge is -2.11. The molecule has 0 bridgehead atoms. The summed E-state index contributed by atoms with van der Waals surface area (Å²) in [5, 5.41) is 6.90. The Morgan fingerprint density at radius 1 is 1.11 bits per heavy atom. The zero-order chi connectivity index (χ0) is 20.1. The molecule has 8 heteroatoms. The number of nitrogens with zero attached hydrogens (tertiary/aromatic N) is 2. The van der Waals surface area contributed by atoms with Crippen LogP contribution in [0.2, 0.25) is 0 Å². The number of amides is 1. The topological polar surface area (TPSA) is 82.4 Å². The fourth-order valence-electron chi connectivity index (χ4n) is 2.62. The van der Waals surface area contributed by atoms with Crippen molar-refractivity contribution >= 4 is 11.6 Å². The smallest absolute Gasteiger partial charge is 0.267 e. The molecule has 0 atom stereocenters. The van der Waals surface area contributed by atoms with Gasteiger partial charge in [-0.3, -0.25) is 9.59 Å². The van der Waals surface area contributed by atoms with Crippen LogP contribution in [0.15, 0.2) is 59.4 Å². The number of anilines is 1. The maximum absolute atomic E-state index is 13.4. The summed E-state index contributed by atoms with van der Waals surface area (Å²) < 4.78 is 24.7. The molecule has 1 aromatic heterocycles. The Bertz CT molecular complexity index is 1070. The van der Waals surface area contributed by atoms with E-state index in [2.05, 4.69) is 10.4 Å². The van der Waals surface area contributed by atoms with Crippen molar-refractivity contribution < 1.29 is 18.7 Å². The Labute approximate surface area is 160 Å². The quantitative estimate of drug-likeness (QED) is 0.708. The molecule has 0 aliphatic heterocycles. The molecule has 3 rings (SSSR count). The van der Waals surface area contributed by atoms with Crippen LogP contribution >= 0.6 is 0 Å². The van der Waals surface area contributed by atoms with Crippen LogP contribution < -0.4 is 20.3 Å². The molecule has 7 nitrogen and oxygen atoms in total. The van der Waals surface area contributed by atoms with Crippen LogP contribution in [0.3, 0.4) is 0 Å². The van der Waals surface area contributed by atoms with Crippen molar-refractivity contribution in [1.29, 1.82) is 0 Å². The number of ether oxygens (including phenoxy) is 2. The van der Waals surface area contributed by atoms with Crippen molar-refractivity contribution in [2.24, 2.45) is 0 Å². The summed E-state index contributed by atoms with van der Waals surface area (Å²) in [5.74, 6) is -0.00492. The van der Waals surface area contributed by atoms with Gasteiger partial charge in [-0.15, -0.1) is 0 Å². The number of carbonyl (C=O) groups excluding carboxylic acids is 1. The third-order valence-electron chi connectivity index (χ3n) is 3.95. The Balaban J connectivity index is 1.84. The third-order valence-corrected chi connectivity index (χ3v) is 3.95. The normalized spacial score (nSPS) is 10.4. The maximum Gasteiger partial charge on any atom is 0.267 e. The lowest BCUT2D eigenvalue weighted by molar-refractivity contribution is -0.117. The zero-order valence-corrected chi connectivity index (χ0v) is 15.3. The van der Waals surface area contributed by atoms with E-state index in [4.69, 9.17) is 9.47 Å². The second-order valence-corrected chi connectivity index (χ2v) is 5.84. The minimum atomic E-state index is -0.452. The molecule has 1 heterocycles. The molecule has 2 aromatic carbocycles. The van der Waals surface area contributed by atoms with Gasteiger partial charge in [0, 0.05) is 29.4 Å². The summed E-state index contributed by atoms with van der Waals surface area (Å²) >= 11 is 0. The van der Waals surface area contributed by atoms with Crippen molar-refractivity contribution in [2.45, 2.75) is 6.54 Å². The lowest BCUT2D eigenvalue weighted by Crippen LogP contribution is -2.29.